The highest BCUT2D eigenvalue weighted by Crippen LogP contribution is 2.33. The number of anilines is 2. The van der Waals surface area contributed by atoms with Gasteiger partial charge < -0.3 is 14.9 Å². The van der Waals surface area contributed by atoms with Crippen molar-refractivity contribution in [3.8, 4) is 0 Å². The molecular weight excluding hydrogens is 326 g/mol. The van der Waals surface area contributed by atoms with Crippen molar-refractivity contribution in [1.29, 1.82) is 0 Å². The molecule has 0 spiro atoms. The second-order valence-corrected chi connectivity index (χ2v) is 7.67. The summed E-state index contributed by atoms with van der Waals surface area (Å²) in [5.41, 5.74) is 3.71. The van der Waals surface area contributed by atoms with Gasteiger partial charge in [0.15, 0.2) is 0 Å². The molecule has 6 heteroatoms. The third-order valence-corrected chi connectivity index (χ3v) is 5.50. The molecule has 3 heterocycles. The molecule has 1 aliphatic heterocycles. The average Bonchev–Trinajstić information content (AvgIpc) is 3.02. The first-order valence-corrected chi connectivity index (χ1v) is 9.51. The maximum absolute atomic E-state index is 10.7. The van der Waals surface area contributed by atoms with Gasteiger partial charge >= 0.3 is 0 Å². The van der Waals surface area contributed by atoms with Crippen molar-refractivity contribution in [3.63, 3.8) is 0 Å². The number of hydrogen-bond donors (Lipinski definition) is 1. The van der Waals surface area contributed by atoms with Crippen LogP contribution in [0.4, 0.5) is 11.8 Å². The summed E-state index contributed by atoms with van der Waals surface area (Å²) < 4.78 is 0. The summed E-state index contributed by atoms with van der Waals surface area (Å²) in [7, 11) is 3.97. The standard InChI is InChI=1S/C20H27N5O/c1-24(2)20-22-17-6-4-3-5-16(17)19(23-20)25-12-15(18(26)13-25)11-14-7-9-21-10-8-14/h7-10,15,18,26H,3-6,11-13H2,1-2H3/t15-,18+/m1/s1. The van der Waals surface area contributed by atoms with Gasteiger partial charge in [0.25, 0.3) is 0 Å². The number of aliphatic hydroxyl groups is 1. The fraction of sp³-hybridized carbons (Fsp3) is 0.550. The van der Waals surface area contributed by atoms with Crippen LogP contribution in [0.15, 0.2) is 24.5 Å². The zero-order valence-electron chi connectivity index (χ0n) is 15.6. The van der Waals surface area contributed by atoms with Crippen molar-refractivity contribution in [3.05, 3.63) is 41.3 Å². The maximum Gasteiger partial charge on any atom is 0.227 e. The molecule has 0 radical (unpaired) electrons. The van der Waals surface area contributed by atoms with E-state index in [0.717, 1.165) is 37.6 Å². The third-order valence-electron chi connectivity index (χ3n) is 5.50. The summed E-state index contributed by atoms with van der Waals surface area (Å²) >= 11 is 0. The molecule has 0 bridgehead atoms. The molecule has 1 aliphatic carbocycles. The molecule has 26 heavy (non-hydrogen) atoms. The number of nitrogens with zero attached hydrogens (tertiary/aromatic N) is 5. The summed E-state index contributed by atoms with van der Waals surface area (Å²) in [5, 5.41) is 10.7. The summed E-state index contributed by atoms with van der Waals surface area (Å²) in [6.07, 6.45) is 8.64. The maximum atomic E-state index is 10.7. The molecule has 0 unspecified atom stereocenters. The lowest BCUT2D eigenvalue weighted by atomic mass is 9.96. The fourth-order valence-corrected chi connectivity index (χ4v) is 4.07. The van der Waals surface area contributed by atoms with E-state index in [1.165, 1.54) is 29.7 Å². The smallest absolute Gasteiger partial charge is 0.227 e. The SMILES string of the molecule is CN(C)c1nc2c(c(N3C[C@@H](Cc4ccncc4)[C@@H](O)C3)n1)CCCC2. The van der Waals surface area contributed by atoms with E-state index in [4.69, 9.17) is 9.97 Å². The molecule has 138 valence electrons. The van der Waals surface area contributed by atoms with Crippen molar-refractivity contribution in [2.24, 2.45) is 5.92 Å². The van der Waals surface area contributed by atoms with Crippen LogP contribution in [-0.4, -0.2) is 53.3 Å². The second kappa shape index (κ2) is 7.19. The molecule has 0 saturated carbocycles. The Kier molecular flexibility index (Phi) is 4.76. The first-order valence-electron chi connectivity index (χ1n) is 9.51. The summed E-state index contributed by atoms with van der Waals surface area (Å²) in [6.45, 7) is 1.48. The normalized spacial score (nSPS) is 22.3. The Bertz CT molecular complexity index is 764. The number of β-amino-alcohol motifs (C(OH)–C–C–N with tert-alkyl or cyclic N) is 1. The number of pyridine rings is 1. The van der Waals surface area contributed by atoms with Gasteiger partial charge in [0.2, 0.25) is 5.95 Å². The average molecular weight is 353 g/mol. The van der Waals surface area contributed by atoms with E-state index in [9.17, 15) is 5.11 Å². The van der Waals surface area contributed by atoms with E-state index in [1.54, 1.807) is 0 Å². The zero-order chi connectivity index (χ0) is 18.1. The monoisotopic (exact) mass is 353 g/mol. The van der Waals surface area contributed by atoms with Crippen molar-refractivity contribution in [1.82, 2.24) is 15.0 Å². The Morgan fingerprint density at radius 3 is 2.65 bits per heavy atom. The van der Waals surface area contributed by atoms with Gasteiger partial charge in [-0.2, -0.15) is 4.98 Å². The van der Waals surface area contributed by atoms with E-state index in [2.05, 4.69) is 9.88 Å². The molecule has 0 amide bonds. The van der Waals surface area contributed by atoms with Gasteiger partial charge in [0.1, 0.15) is 5.82 Å². The minimum absolute atomic E-state index is 0.217. The van der Waals surface area contributed by atoms with E-state index < -0.39 is 0 Å². The minimum atomic E-state index is -0.333. The van der Waals surface area contributed by atoms with Crippen LogP contribution >= 0.6 is 0 Å². The number of aryl methyl sites for hydroxylation is 1. The topological polar surface area (TPSA) is 65.4 Å². The highest BCUT2D eigenvalue weighted by Gasteiger charge is 2.34. The second-order valence-electron chi connectivity index (χ2n) is 7.67. The van der Waals surface area contributed by atoms with Gasteiger partial charge in [0.05, 0.1) is 11.8 Å². The van der Waals surface area contributed by atoms with Crippen LogP contribution in [0.5, 0.6) is 0 Å². The zero-order valence-corrected chi connectivity index (χ0v) is 15.6. The Balaban J connectivity index is 1.60. The molecule has 1 N–H and O–H groups in total. The molecule has 6 nitrogen and oxygen atoms in total. The lowest BCUT2D eigenvalue weighted by Gasteiger charge is -2.26. The van der Waals surface area contributed by atoms with E-state index in [-0.39, 0.29) is 12.0 Å². The first-order chi connectivity index (χ1) is 12.6. The summed E-state index contributed by atoms with van der Waals surface area (Å²) in [5.74, 6) is 2.02. The number of hydrogen-bond acceptors (Lipinski definition) is 6. The van der Waals surface area contributed by atoms with Crippen LogP contribution < -0.4 is 9.80 Å². The van der Waals surface area contributed by atoms with E-state index >= 15 is 0 Å². The Labute approximate surface area is 154 Å². The number of aliphatic hydroxyl groups excluding tert-OH is 1. The van der Waals surface area contributed by atoms with Crippen LogP contribution in [0.2, 0.25) is 0 Å². The summed E-state index contributed by atoms with van der Waals surface area (Å²) in [4.78, 5) is 18.0. The Morgan fingerprint density at radius 1 is 1.12 bits per heavy atom. The van der Waals surface area contributed by atoms with Crippen molar-refractivity contribution in [2.75, 3.05) is 37.0 Å². The quantitative estimate of drug-likeness (QED) is 0.905. The van der Waals surface area contributed by atoms with Crippen molar-refractivity contribution < 1.29 is 5.11 Å². The van der Waals surface area contributed by atoms with Gasteiger partial charge in [-0.3, -0.25) is 4.98 Å². The van der Waals surface area contributed by atoms with Crippen molar-refractivity contribution >= 4 is 11.8 Å². The van der Waals surface area contributed by atoms with Crippen LogP contribution in [-0.2, 0) is 19.3 Å². The van der Waals surface area contributed by atoms with Crippen LogP contribution in [0.25, 0.3) is 0 Å². The van der Waals surface area contributed by atoms with Gasteiger partial charge in [-0.1, -0.05) is 0 Å². The van der Waals surface area contributed by atoms with Gasteiger partial charge in [-0.15, -0.1) is 0 Å². The van der Waals surface area contributed by atoms with Gasteiger partial charge in [0, 0.05) is 51.1 Å². The Hall–Kier alpha value is -2.21. The Morgan fingerprint density at radius 2 is 1.88 bits per heavy atom. The molecule has 1 fully saturated rings. The summed E-state index contributed by atoms with van der Waals surface area (Å²) in [6, 6.07) is 4.07. The third kappa shape index (κ3) is 3.38. The van der Waals surface area contributed by atoms with Crippen LogP contribution in [0, 0.1) is 5.92 Å². The number of fused-ring (bicyclic) bond motifs is 1. The van der Waals surface area contributed by atoms with Crippen LogP contribution in [0.3, 0.4) is 0 Å². The molecule has 0 aromatic carbocycles. The lowest BCUT2D eigenvalue weighted by molar-refractivity contribution is 0.148. The first kappa shape index (κ1) is 17.2. The number of rotatable bonds is 4. The minimum Gasteiger partial charge on any atom is -0.391 e. The molecule has 4 rings (SSSR count). The van der Waals surface area contributed by atoms with E-state index in [0.29, 0.717) is 6.54 Å². The molecule has 2 aromatic rings. The van der Waals surface area contributed by atoms with Gasteiger partial charge in [-0.25, -0.2) is 4.98 Å². The number of aromatic nitrogens is 3. The molecule has 1 saturated heterocycles. The highest BCUT2D eigenvalue weighted by atomic mass is 16.3. The molecule has 2 atom stereocenters. The predicted molar refractivity (Wildman–Crippen MR) is 103 cm³/mol. The molecular formula is C20H27N5O. The van der Waals surface area contributed by atoms with Crippen LogP contribution in [0.1, 0.15) is 29.7 Å². The molecule has 2 aliphatic rings. The van der Waals surface area contributed by atoms with E-state index in [1.807, 2.05) is 43.5 Å². The lowest BCUT2D eigenvalue weighted by Crippen LogP contribution is -2.27. The molecule has 2 aromatic heterocycles. The highest BCUT2D eigenvalue weighted by molar-refractivity contribution is 5.55. The predicted octanol–water partition coefficient (Wildman–Crippen LogP) is 1.86. The fourth-order valence-electron chi connectivity index (χ4n) is 4.07. The van der Waals surface area contributed by atoms with Gasteiger partial charge in [-0.05, 0) is 49.8 Å². The van der Waals surface area contributed by atoms with Crippen molar-refractivity contribution in [2.45, 2.75) is 38.2 Å². The largest absolute Gasteiger partial charge is 0.391 e.